The number of carbonyl (C=O) groups excluding carboxylic acids is 1. The van der Waals surface area contributed by atoms with Crippen LogP contribution in [-0.2, 0) is 4.79 Å². The molecule has 0 fully saturated rings. The van der Waals surface area contributed by atoms with E-state index in [2.05, 4.69) is 20.9 Å². The van der Waals surface area contributed by atoms with Crippen LogP contribution in [0.4, 0.5) is 10.1 Å². The van der Waals surface area contributed by atoms with Crippen LogP contribution in [0.25, 0.3) is 11.4 Å². The smallest absolute Gasteiger partial charge is 0.240 e. The van der Waals surface area contributed by atoms with Crippen LogP contribution in [0.2, 0.25) is 5.02 Å². The van der Waals surface area contributed by atoms with Crippen molar-refractivity contribution in [1.29, 1.82) is 0 Å². The highest BCUT2D eigenvalue weighted by Crippen LogP contribution is 2.39. The van der Waals surface area contributed by atoms with Gasteiger partial charge >= 0.3 is 0 Å². The van der Waals surface area contributed by atoms with E-state index in [9.17, 15) is 9.18 Å². The van der Waals surface area contributed by atoms with Crippen LogP contribution in [0, 0.1) is 5.82 Å². The molecule has 1 aliphatic rings. The summed E-state index contributed by atoms with van der Waals surface area (Å²) in [5.41, 5.74) is 5.70. The third-order valence-corrected chi connectivity index (χ3v) is 6.58. The molecule has 0 saturated heterocycles. The summed E-state index contributed by atoms with van der Waals surface area (Å²) in [4.78, 5) is 13.3. The van der Waals surface area contributed by atoms with Gasteiger partial charge in [-0.25, -0.2) is 9.07 Å². The fourth-order valence-corrected chi connectivity index (χ4v) is 4.79. The predicted molar refractivity (Wildman–Crippen MR) is 124 cm³/mol. The van der Waals surface area contributed by atoms with E-state index >= 15 is 0 Å². The number of nitrogens with one attached hydrogen (secondary N) is 2. The summed E-state index contributed by atoms with van der Waals surface area (Å²) >= 11 is 7.19. The molecule has 4 aromatic rings. The van der Waals surface area contributed by atoms with Crippen molar-refractivity contribution in [2.45, 2.75) is 16.4 Å². The van der Waals surface area contributed by atoms with Crippen molar-refractivity contribution in [2.24, 2.45) is 0 Å². The first-order valence-electron chi connectivity index (χ1n) is 9.85. The minimum Gasteiger partial charge on any atom is -0.325 e. The molecule has 0 aliphatic carbocycles. The maximum Gasteiger partial charge on any atom is 0.240 e. The predicted octanol–water partition coefficient (Wildman–Crippen LogP) is 5.14. The maximum absolute atomic E-state index is 13.5. The van der Waals surface area contributed by atoms with Gasteiger partial charge in [0.1, 0.15) is 11.1 Å². The van der Waals surface area contributed by atoms with Crippen molar-refractivity contribution in [3.8, 4) is 11.4 Å². The van der Waals surface area contributed by atoms with Crippen molar-refractivity contribution in [1.82, 2.24) is 14.9 Å². The van der Waals surface area contributed by atoms with Crippen LogP contribution < -0.4 is 10.7 Å². The van der Waals surface area contributed by atoms with Gasteiger partial charge < -0.3 is 10.7 Å². The molecule has 1 aromatic heterocycles. The van der Waals surface area contributed by atoms with Gasteiger partial charge in [0.15, 0.2) is 5.82 Å². The van der Waals surface area contributed by atoms with Gasteiger partial charge in [0, 0.05) is 11.3 Å². The SMILES string of the molecule is O=C(Nc1ccc(F)c(Cl)c1)[C@H]1Sc2nnc(-c3ccccc3)n2N[C@H]1c1ccccc1. The van der Waals surface area contributed by atoms with E-state index in [1.165, 1.54) is 30.0 Å². The zero-order chi connectivity index (χ0) is 22.1. The highest BCUT2D eigenvalue weighted by atomic mass is 35.5. The first-order chi connectivity index (χ1) is 15.6. The zero-order valence-corrected chi connectivity index (χ0v) is 18.1. The van der Waals surface area contributed by atoms with Crippen molar-refractivity contribution < 1.29 is 9.18 Å². The van der Waals surface area contributed by atoms with Crippen LogP contribution in [0.5, 0.6) is 0 Å². The molecule has 3 aromatic carbocycles. The minimum atomic E-state index is -0.554. The summed E-state index contributed by atoms with van der Waals surface area (Å²) in [6.07, 6.45) is 0. The van der Waals surface area contributed by atoms with Gasteiger partial charge in [-0.1, -0.05) is 84.0 Å². The largest absolute Gasteiger partial charge is 0.325 e. The van der Waals surface area contributed by atoms with Gasteiger partial charge in [0.05, 0.1) is 11.1 Å². The molecule has 2 heterocycles. The first kappa shape index (κ1) is 20.5. The highest BCUT2D eigenvalue weighted by Gasteiger charge is 2.38. The number of fused-ring (bicyclic) bond motifs is 1. The Labute approximate surface area is 192 Å². The number of aromatic nitrogens is 3. The van der Waals surface area contributed by atoms with Crippen LogP contribution >= 0.6 is 23.4 Å². The molecule has 32 heavy (non-hydrogen) atoms. The monoisotopic (exact) mass is 465 g/mol. The molecule has 2 atom stereocenters. The van der Waals surface area contributed by atoms with Gasteiger partial charge in [-0.3, -0.25) is 4.79 Å². The number of hydrogen-bond donors (Lipinski definition) is 2. The molecular formula is C23H17ClFN5OS. The van der Waals surface area contributed by atoms with Crippen LogP contribution in [0.15, 0.2) is 84.0 Å². The van der Waals surface area contributed by atoms with E-state index in [-0.39, 0.29) is 17.0 Å². The van der Waals surface area contributed by atoms with E-state index in [0.29, 0.717) is 16.7 Å². The fraction of sp³-hybridized carbons (Fsp3) is 0.0870. The lowest BCUT2D eigenvalue weighted by Crippen LogP contribution is -2.41. The summed E-state index contributed by atoms with van der Waals surface area (Å²) in [6.45, 7) is 0. The quantitative estimate of drug-likeness (QED) is 0.437. The number of rotatable bonds is 4. The standard InChI is InChI=1S/C23H17ClFN5OS/c24-17-13-16(11-12-18(17)25)26-22(31)20-19(14-7-3-1-4-8-14)29-30-21(27-28-23(30)32-20)15-9-5-2-6-10-15/h1-13,19-20,29H,(H,26,31)/t19-,20-/m0/s1. The Balaban J connectivity index is 1.50. The topological polar surface area (TPSA) is 71.8 Å². The number of benzene rings is 3. The first-order valence-corrected chi connectivity index (χ1v) is 11.1. The van der Waals surface area contributed by atoms with E-state index in [4.69, 9.17) is 11.6 Å². The Kier molecular flexibility index (Phi) is 5.55. The summed E-state index contributed by atoms with van der Waals surface area (Å²) in [6, 6.07) is 23.2. The van der Waals surface area contributed by atoms with Crippen LogP contribution in [0.3, 0.4) is 0 Å². The van der Waals surface area contributed by atoms with Crippen molar-refractivity contribution in [3.05, 3.63) is 95.3 Å². The molecular weight excluding hydrogens is 449 g/mol. The van der Waals surface area contributed by atoms with Gasteiger partial charge in [-0.05, 0) is 23.8 Å². The molecule has 9 heteroatoms. The number of thioether (sulfide) groups is 1. The van der Waals surface area contributed by atoms with Gasteiger partial charge in [0.25, 0.3) is 0 Å². The number of halogens is 2. The molecule has 6 nitrogen and oxygen atoms in total. The molecule has 5 rings (SSSR count). The number of anilines is 1. The third-order valence-electron chi connectivity index (χ3n) is 5.07. The summed E-state index contributed by atoms with van der Waals surface area (Å²) in [5.74, 6) is -0.130. The molecule has 0 radical (unpaired) electrons. The van der Waals surface area contributed by atoms with Gasteiger partial charge in [0.2, 0.25) is 11.1 Å². The normalized spacial score (nSPS) is 17.3. The molecule has 160 valence electrons. The van der Waals surface area contributed by atoms with Crippen molar-refractivity contribution in [3.63, 3.8) is 0 Å². The fourth-order valence-electron chi connectivity index (χ4n) is 3.53. The second kappa shape index (κ2) is 8.64. The maximum atomic E-state index is 13.5. The van der Waals surface area contributed by atoms with E-state index in [1.54, 1.807) is 0 Å². The molecule has 2 N–H and O–H groups in total. The number of amides is 1. The second-order valence-corrected chi connectivity index (χ2v) is 8.70. The average molecular weight is 466 g/mol. The summed E-state index contributed by atoms with van der Waals surface area (Å²) in [5, 5.41) is 11.4. The molecule has 0 saturated carbocycles. The lowest BCUT2D eigenvalue weighted by molar-refractivity contribution is -0.116. The molecule has 0 bridgehead atoms. The van der Waals surface area contributed by atoms with Gasteiger partial charge in [-0.2, -0.15) is 0 Å². The minimum absolute atomic E-state index is 0.0518. The van der Waals surface area contributed by atoms with Crippen LogP contribution in [0.1, 0.15) is 11.6 Å². The van der Waals surface area contributed by atoms with E-state index < -0.39 is 11.1 Å². The second-order valence-electron chi connectivity index (χ2n) is 7.18. The Morgan fingerprint density at radius 3 is 2.47 bits per heavy atom. The third kappa shape index (κ3) is 3.94. The van der Waals surface area contributed by atoms with E-state index in [0.717, 1.165) is 11.1 Å². The molecule has 1 amide bonds. The molecule has 0 unspecified atom stereocenters. The average Bonchev–Trinajstić information content (AvgIpc) is 3.25. The van der Waals surface area contributed by atoms with Crippen molar-refractivity contribution >= 4 is 35.0 Å². The Morgan fingerprint density at radius 1 is 1.03 bits per heavy atom. The number of nitrogens with zero attached hydrogens (tertiary/aromatic N) is 3. The zero-order valence-electron chi connectivity index (χ0n) is 16.6. The lowest BCUT2D eigenvalue weighted by Gasteiger charge is -2.33. The summed E-state index contributed by atoms with van der Waals surface area (Å²) < 4.78 is 15.3. The molecule has 1 aliphatic heterocycles. The number of hydrogen-bond acceptors (Lipinski definition) is 5. The Morgan fingerprint density at radius 2 is 1.75 bits per heavy atom. The van der Waals surface area contributed by atoms with Crippen LogP contribution in [-0.4, -0.2) is 26.0 Å². The van der Waals surface area contributed by atoms with Gasteiger partial charge in [-0.15, -0.1) is 10.2 Å². The molecule has 0 spiro atoms. The Hall–Kier alpha value is -3.36. The highest BCUT2D eigenvalue weighted by molar-refractivity contribution is 8.00. The lowest BCUT2D eigenvalue weighted by atomic mass is 10.0. The Bertz CT molecular complexity index is 1270. The van der Waals surface area contributed by atoms with E-state index in [1.807, 2.05) is 65.3 Å². The number of carbonyl (C=O) groups is 1. The van der Waals surface area contributed by atoms with Crippen molar-refractivity contribution in [2.75, 3.05) is 10.7 Å². The summed E-state index contributed by atoms with van der Waals surface area (Å²) in [7, 11) is 0.